The van der Waals surface area contributed by atoms with Crippen molar-refractivity contribution >= 4 is 29.2 Å². The lowest BCUT2D eigenvalue weighted by Crippen LogP contribution is -2.47. The molecule has 5 nitrogen and oxygen atoms in total. The Bertz CT molecular complexity index is 496. The van der Waals surface area contributed by atoms with Gasteiger partial charge in [0.1, 0.15) is 6.04 Å². The fourth-order valence-electron chi connectivity index (χ4n) is 2.47. The van der Waals surface area contributed by atoms with E-state index in [4.69, 9.17) is 27.9 Å². The number of carboxylic acid groups (broad SMARTS) is 1. The summed E-state index contributed by atoms with van der Waals surface area (Å²) in [5, 5.41) is 13.4. The maximum atomic E-state index is 11.7. The molecule has 1 heterocycles. The Labute approximate surface area is 133 Å². The van der Waals surface area contributed by atoms with E-state index in [1.165, 1.54) is 0 Å². The zero-order chi connectivity index (χ0) is 15.4. The van der Waals surface area contributed by atoms with Gasteiger partial charge in [-0.2, -0.15) is 0 Å². The van der Waals surface area contributed by atoms with E-state index in [9.17, 15) is 9.90 Å². The van der Waals surface area contributed by atoms with Crippen molar-refractivity contribution in [1.82, 2.24) is 10.2 Å². The lowest BCUT2D eigenvalue weighted by atomic mass is 10.0. The zero-order valence-corrected chi connectivity index (χ0v) is 13.2. The molecule has 7 heteroatoms. The van der Waals surface area contributed by atoms with Gasteiger partial charge in [-0.1, -0.05) is 23.2 Å². The number of halogens is 2. The summed E-state index contributed by atoms with van der Waals surface area (Å²) in [5.41, 5.74) is 0.572. The highest BCUT2D eigenvalue weighted by molar-refractivity contribution is 6.37. The summed E-state index contributed by atoms with van der Waals surface area (Å²) in [7, 11) is 0. The van der Waals surface area contributed by atoms with Gasteiger partial charge >= 0.3 is 5.97 Å². The first-order chi connectivity index (χ1) is 10.0. The molecular weight excluding hydrogens is 315 g/mol. The van der Waals surface area contributed by atoms with E-state index in [0.717, 1.165) is 13.1 Å². The summed E-state index contributed by atoms with van der Waals surface area (Å²) in [6, 6.07) is 2.50. The second kappa shape index (κ2) is 7.31. The van der Waals surface area contributed by atoms with E-state index in [2.05, 4.69) is 5.32 Å². The molecule has 21 heavy (non-hydrogen) atoms. The highest BCUT2D eigenvalue weighted by Gasteiger charge is 2.29. The lowest BCUT2D eigenvalue weighted by Gasteiger charge is -2.32. The minimum atomic E-state index is -0.909. The van der Waals surface area contributed by atoms with Crippen LogP contribution in [0.4, 0.5) is 0 Å². The van der Waals surface area contributed by atoms with Crippen LogP contribution in [0.1, 0.15) is 18.5 Å². The second-order valence-electron chi connectivity index (χ2n) is 4.77. The van der Waals surface area contributed by atoms with E-state index < -0.39 is 12.0 Å². The molecule has 0 aromatic heterocycles. The predicted octanol–water partition coefficient (Wildman–Crippen LogP) is 2.42. The molecule has 0 radical (unpaired) electrons. The van der Waals surface area contributed by atoms with Gasteiger partial charge in [0.05, 0.1) is 16.7 Å². The van der Waals surface area contributed by atoms with Crippen LogP contribution in [0.25, 0.3) is 0 Å². The number of rotatable bonds is 5. The summed E-state index contributed by atoms with van der Waals surface area (Å²) in [5.74, 6) is -0.512. The average Bonchev–Trinajstić information content (AvgIpc) is 2.44. The first kappa shape index (κ1) is 16.4. The Balaban J connectivity index is 2.34. The maximum absolute atomic E-state index is 11.7. The number of benzene rings is 1. The van der Waals surface area contributed by atoms with Crippen molar-refractivity contribution in [2.24, 2.45) is 0 Å². The number of aliphatic carboxylic acids is 1. The van der Waals surface area contributed by atoms with Crippen molar-refractivity contribution in [1.29, 1.82) is 0 Å². The highest BCUT2D eigenvalue weighted by atomic mass is 35.5. The summed E-state index contributed by atoms with van der Waals surface area (Å²) in [4.78, 5) is 13.6. The van der Waals surface area contributed by atoms with E-state index >= 15 is 0 Å². The van der Waals surface area contributed by atoms with Gasteiger partial charge in [0.15, 0.2) is 5.75 Å². The minimum Gasteiger partial charge on any atom is -0.491 e. The third-order valence-electron chi connectivity index (χ3n) is 3.38. The number of hydrogen-bond donors (Lipinski definition) is 2. The van der Waals surface area contributed by atoms with Crippen molar-refractivity contribution in [3.63, 3.8) is 0 Å². The SMILES string of the molecule is CCOc1c(Cl)cc(C(C(=O)O)N2CCNCC2)cc1Cl. The van der Waals surface area contributed by atoms with Crippen molar-refractivity contribution in [3.8, 4) is 5.75 Å². The molecule has 1 unspecified atom stereocenters. The van der Waals surface area contributed by atoms with Crippen LogP contribution in [0, 0.1) is 0 Å². The molecule has 1 atom stereocenters. The van der Waals surface area contributed by atoms with Crippen LogP contribution >= 0.6 is 23.2 Å². The Morgan fingerprint density at radius 3 is 2.43 bits per heavy atom. The van der Waals surface area contributed by atoms with Crippen LogP contribution in [0.2, 0.25) is 10.0 Å². The Morgan fingerprint density at radius 2 is 1.95 bits per heavy atom. The topological polar surface area (TPSA) is 61.8 Å². The van der Waals surface area contributed by atoms with Crippen molar-refractivity contribution < 1.29 is 14.6 Å². The fourth-order valence-corrected chi connectivity index (χ4v) is 3.08. The molecule has 1 aliphatic rings. The van der Waals surface area contributed by atoms with Gasteiger partial charge in [0.25, 0.3) is 0 Å². The van der Waals surface area contributed by atoms with Crippen LogP contribution in [0.3, 0.4) is 0 Å². The number of nitrogens with zero attached hydrogens (tertiary/aromatic N) is 1. The van der Waals surface area contributed by atoms with Gasteiger partial charge in [-0.3, -0.25) is 9.69 Å². The first-order valence-electron chi connectivity index (χ1n) is 6.84. The van der Waals surface area contributed by atoms with Crippen LogP contribution in [-0.4, -0.2) is 48.8 Å². The maximum Gasteiger partial charge on any atom is 0.325 e. The smallest absolute Gasteiger partial charge is 0.325 e. The van der Waals surface area contributed by atoms with E-state index in [1.807, 2.05) is 11.8 Å². The Kier molecular flexibility index (Phi) is 5.70. The highest BCUT2D eigenvalue weighted by Crippen LogP contribution is 2.37. The molecule has 116 valence electrons. The van der Waals surface area contributed by atoms with Gasteiger partial charge in [0.2, 0.25) is 0 Å². The van der Waals surface area contributed by atoms with Gasteiger partial charge in [-0.25, -0.2) is 0 Å². The van der Waals surface area contributed by atoms with Crippen LogP contribution in [-0.2, 0) is 4.79 Å². The van der Waals surface area contributed by atoms with E-state index in [0.29, 0.717) is 41.1 Å². The zero-order valence-electron chi connectivity index (χ0n) is 11.7. The number of carbonyl (C=O) groups is 1. The standard InChI is InChI=1S/C14H18Cl2N2O3/c1-2-21-13-10(15)7-9(8-11(13)16)12(14(19)20)18-5-3-17-4-6-18/h7-8,12,17H,2-6H2,1H3,(H,19,20). The third kappa shape index (κ3) is 3.80. The quantitative estimate of drug-likeness (QED) is 0.867. The molecule has 1 aromatic rings. The number of nitrogens with one attached hydrogen (secondary N) is 1. The molecular formula is C14H18Cl2N2O3. The molecule has 0 amide bonds. The molecule has 0 aliphatic carbocycles. The second-order valence-corrected chi connectivity index (χ2v) is 5.59. The molecule has 1 aliphatic heterocycles. The van der Waals surface area contributed by atoms with Gasteiger partial charge in [-0.15, -0.1) is 0 Å². The molecule has 0 spiro atoms. The molecule has 1 saturated heterocycles. The molecule has 2 N–H and O–H groups in total. The number of ether oxygens (including phenoxy) is 1. The van der Waals surface area contributed by atoms with Crippen LogP contribution in [0.15, 0.2) is 12.1 Å². The molecule has 0 saturated carbocycles. The largest absolute Gasteiger partial charge is 0.491 e. The van der Waals surface area contributed by atoms with Crippen molar-refractivity contribution in [2.75, 3.05) is 32.8 Å². The summed E-state index contributed by atoms with van der Waals surface area (Å²) < 4.78 is 5.37. The van der Waals surface area contributed by atoms with Crippen LogP contribution < -0.4 is 10.1 Å². The third-order valence-corrected chi connectivity index (χ3v) is 3.94. The summed E-state index contributed by atoms with van der Waals surface area (Å²) in [6.07, 6.45) is 0. The number of carboxylic acids is 1. The summed E-state index contributed by atoms with van der Waals surface area (Å²) in [6.45, 7) is 5.14. The minimum absolute atomic E-state index is 0.334. The van der Waals surface area contributed by atoms with E-state index in [-0.39, 0.29) is 0 Å². The molecule has 1 fully saturated rings. The normalized spacial score (nSPS) is 17.5. The van der Waals surface area contributed by atoms with Crippen LogP contribution in [0.5, 0.6) is 5.75 Å². The number of piperazine rings is 1. The van der Waals surface area contributed by atoms with Gasteiger partial charge in [0, 0.05) is 26.2 Å². The Morgan fingerprint density at radius 1 is 1.38 bits per heavy atom. The van der Waals surface area contributed by atoms with Crippen molar-refractivity contribution in [3.05, 3.63) is 27.7 Å². The van der Waals surface area contributed by atoms with Gasteiger partial charge < -0.3 is 15.2 Å². The predicted molar refractivity (Wildman–Crippen MR) is 82.5 cm³/mol. The molecule has 1 aromatic carbocycles. The number of hydrogen-bond acceptors (Lipinski definition) is 4. The monoisotopic (exact) mass is 332 g/mol. The van der Waals surface area contributed by atoms with Gasteiger partial charge in [-0.05, 0) is 24.6 Å². The summed E-state index contributed by atoms with van der Waals surface area (Å²) >= 11 is 12.3. The Hall–Kier alpha value is -1.01. The molecule has 0 bridgehead atoms. The molecule has 2 rings (SSSR count). The fraction of sp³-hybridized carbons (Fsp3) is 0.500. The lowest BCUT2D eigenvalue weighted by molar-refractivity contribution is -0.143. The average molecular weight is 333 g/mol. The first-order valence-corrected chi connectivity index (χ1v) is 7.59. The van der Waals surface area contributed by atoms with E-state index in [1.54, 1.807) is 12.1 Å². The van der Waals surface area contributed by atoms with Crippen molar-refractivity contribution in [2.45, 2.75) is 13.0 Å².